The fraction of sp³-hybridized carbons (Fsp3) is 0.462. The third-order valence-corrected chi connectivity index (χ3v) is 8.56. The van der Waals surface area contributed by atoms with Gasteiger partial charge in [-0.1, -0.05) is 44.4 Å². The summed E-state index contributed by atoms with van der Waals surface area (Å²) in [7, 11) is 0. The molecule has 6 heteroatoms. The van der Waals surface area contributed by atoms with Crippen LogP contribution in [-0.2, 0) is 11.3 Å². The van der Waals surface area contributed by atoms with E-state index < -0.39 is 5.54 Å². The lowest BCUT2D eigenvalue weighted by atomic mass is 9.77. The van der Waals surface area contributed by atoms with Crippen LogP contribution in [0.25, 0.3) is 10.2 Å². The summed E-state index contributed by atoms with van der Waals surface area (Å²) in [6.07, 6.45) is 3.34. The highest BCUT2D eigenvalue weighted by molar-refractivity contribution is 7.17. The van der Waals surface area contributed by atoms with Crippen LogP contribution in [0.4, 0.5) is 5.69 Å². The second-order valence-electron chi connectivity index (χ2n) is 9.88. The van der Waals surface area contributed by atoms with Crippen molar-refractivity contribution in [2.45, 2.75) is 65.1 Å². The Labute approximate surface area is 193 Å². The molecule has 0 saturated heterocycles. The van der Waals surface area contributed by atoms with Crippen LogP contribution >= 0.6 is 11.3 Å². The van der Waals surface area contributed by atoms with E-state index in [0.29, 0.717) is 24.1 Å². The van der Waals surface area contributed by atoms with E-state index in [9.17, 15) is 9.59 Å². The van der Waals surface area contributed by atoms with Gasteiger partial charge in [-0.3, -0.25) is 14.5 Å². The Balaban J connectivity index is 1.57. The molecule has 0 spiro atoms. The number of benzene rings is 1. The highest BCUT2D eigenvalue weighted by Gasteiger charge is 2.49. The molecule has 5 rings (SSSR count). The molecule has 3 aromatic rings. The van der Waals surface area contributed by atoms with Crippen molar-refractivity contribution in [2.24, 2.45) is 11.8 Å². The number of carbonyl (C=O) groups excluding carboxylic acids is 2. The van der Waals surface area contributed by atoms with Gasteiger partial charge in [0.25, 0.3) is 5.91 Å². The minimum atomic E-state index is -1.02. The van der Waals surface area contributed by atoms with Crippen molar-refractivity contribution in [1.29, 1.82) is 0 Å². The molecule has 0 bridgehead atoms. The molecule has 1 aliphatic carbocycles. The van der Waals surface area contributed by atoms with Gasteiger partial charge in [0.05, 0.1) is 16.8 Å². The summed E-state index contributed by atoms with van der Waals surface area (Å²) in [5.41, 5.74) is 2.54. The molecule has 1 N–H and O–H groups in total. The highest BCUT2D eigenvalue weighted by atomic mass is 32.1. The van der Waals surface area contributed by atoms with Gasteiger partial charge in [-0.15, -0.1) is 11.3 Å². The molecule has 168 valence electrons. The SMILES string of the molecule is Cc1ccc(N2C(=O)c3cc4sccc4n3C[C@]2(C)C(=O)N[C@@H]2CCC[C@H](C)[C@H]2C)cc1. The zero-order valence-corrected chi connectivity index (χ0v) is 20.0. The average molecular weight is 450 g/mol. The molecular weight excluding hydrogens is 418 g/mol. The minimum Gasteiger partial charge on any atom is -0.351 e. The number of aryl methyl sites for hydroxylation is 1. The Bertz CT molecular complexity index is 1180. The molecule has 3 heterocycles. The Morgan fingerprint density at radius 3 is 2.66 bits per heavy atom. The van der Waals surface area contributed by atoms with E-state index in [1.165, 1.54) is 6.42 Å². The summed E-state index contributed by atoms with van der Waals surface area (Å²) in [5.74, 6) is 0.824. The lowest BCUT2D eigenvalue weighted by molar-refractivity contribution is -0.128. The van der Waals surface area contributed by atoms with Crippen molar-refractivity contribution in [1.82, 2.24) is 9.88 Å². The molecule has 1 saturated carbocycles. The van der Waals surface area contributed by atoms with E-state index in [-0.39, 0.29) is 17.9 Å². The number of rotatable bonds is 3. The van der Waals surface area contributed by atoms with Gasteiger partial charge >= 0.3 is 0 Å². The van der Waals surface area contributed by atoms with Gasteiger partial charge in [0, 0.05) is 11.7 Å². The average Bonchev–Trinajstić information content (AvgIpc) is 3.35. The summed E-state index contributed by atoms with van der Waals surface area (Å²) in [6.45, 7) is 8.88. The molecule has 0 unspecified atom stereocenters. The lowest BCUT2D eigenvalue weighted by Crippen LogP contribution is -2.66. The maximum atomic E-state index is 13.9. The highest BCUT2D eigenvalue weighted by Crippen LogP contribution is 2.38. The topological polar surface area (TPSA) is 54.3 Å². The quantitative estimate of drug-likeness (QED) is 0.584. The number of fused-ring (bicyclic) bond motifs is 3. The molecule has 1 aromatic carbocycles. The standard InChI is InChI=1S/C26H31N3O2S/c1-16-8-10-19(11-9-16)29-24(30)22-14-23-21(12-13-32-23)28(22)15-26(29,4)25(31)27-20-7-5-6-17(2)18(20)3/h8-14,17-18,20H,5-7,15H2,1-4H3,(H,27,31)/t17-,18+,20+,26+/m0/s1. The van der Waals surface area contributed by atoms with Gasteiger partial charge in [0.2, 0.25) is 5.91 Å². The van der Waals surface area contributed by atoms with Gasteiger partial charge < -0.3 is 9.88 Å². The van der Waals surface area contributed by atoms with E-state index in [2.05, 4.69) is 19.2 Å². The third kappa shape index (κ3) is 3.27. The lowest BCUT2D eigenvalue weighted by Gasteiger charge is -2.45. The van der Waals surface area contributed by atoms with Crippen molar-refractivity contribution < 1.29 is 9.59 Å². The number of aromatic nitrogens is 1. The molecule has 2 amide bonds. The van der Waals surface area contributed by atoms with Crippen molar-refractivity contribution >= 4 is 39.1 Å². The zero-order chi connectivity index (χ0) is 22.6. The number of carbonyl (C=O) groups is 2. The molecule has 1 aliphatic heterocycles. The molecule has 0 radical (unpaired) electrons. The molecule has 1 fully saturated rings. The summed E-state index contributed by atoms with van der Waals surface area (Å²) >= 11 is 1.63. The van der Waals surface area contributed by atoms with E-state index in [1.807, 2.05) is 60.2 Å². The molecular formula is C26H31N3O2S. The Morgan fingerprint density at radius 2 is 1.91 bits per heavy atom. The smallest absolute Gasteiger partial charge is 0.275 e. The molecule has 2 aromatic heterocycles. The predicted octanol–water partition coefficient (Wildman–Crippen LogP) is 5.37. The number of nitrogens with zero attached hydrogens (tertiary/aromatic N) is 2. The van der Waals surface area contributed by atoms with Crippen LogP contribution in [0.2, 0.25) is 0 Å². The van der Waals surface area contributed by atoms with Crippen molar-refractivity contribution in [3.8, 4) is 0 Å². The first-order chi connectivity index (χ1) is 15.3. The van der Waals surface area contributed by atoms with Gasteiger partial charge in [-0.2, -0.15) is 0 Å². The largest absolute Gasteiger partial charge is 0.351 e. The maximum absolute atomic E-state index is 13.9. The van der Waals surface area contributed by atoms with Crippen molar-refractivity contribution in [3.63, 3.8) is 0 Å². The van der Waals surface area contributed by atoms with Gasteiger partial charge in [-0.05, 0) is 61.7 Å². The number of thiophene rings is 1. The first-order valence-corrected chi connectivity index (χ1v) is 12.5. The van der Waals surface area contributed by atoms with Gasteiger partial charge in [0.1, 0.15) is 11.2 Å². The second-order valence-corrected chi connectivity index (χ2v) is 10.8. The first-order valence-electron chi connectivity index (χ1n) is 11.6. The first kappa shape index (κ1) is 21.3. The Hall–Kier alpha value is -2.60. The van der Waals surface area contributed by atoms with E-state index in [0.717, 1.165) is 34.3 Å². The number of amides is 2. The Morgan fingerprint density at radius 1 is 1.16 bits per heavy atom. The van der Waals surface area contributed by atoms with E-state index >= 15 is 0 Å². The summed E-state index contributed by atoms with van der Waals surface area (Å²) in [4.78, 5) is 29.5. The number of hydrogen-bond acceptors (Lipinski definition) is 3. The predicted molar refractivity (Wildman–Crippen MR) is 130 cm³/mol. The van der Waals surface area contributed by atoms with Crippen molar-refractivity contribution in [2.75, 3.05) is 4.90 Å². The zero-order valence-electron chi connectivity index (χ0n) is 19.2. The van der Waals surface area contributed by atoms with Crippen molar-refractivity contribution in [3.05, 3.63) is 53.0 Å². The maximum Gasteiger partial charge on any atom is 0.275 e. The molecule has 32 heavy (non-hydrogen) atoms. The van der Waals surface area contributed by atoms with Crippen LogP contribution < -0.4 is 10.2 Å². The van der Waals surface area contributed by atoms with Crippen LogP contribution in [0, 0.1) is 18.8 Å². The van der Waals surface area contributed by atoms with Crippen LogP contribution in [-0.4, -0.2) is 28.0 Å². The van der Waals surface area contributed by atoms with Gasteiger partial charge in [-0.25, -0.2) is 0 Å². The summed E-state index contributed by atoms with van der Waals surface area (Å²) in [6, 6.07) is 12.0. The van der Waals surface area contributed by atoms with Crippen LogP contribution in [0.5, 0.6) is 0 Å². The summed E-state index contributed by atoms with van der Waals surface area (Å²) < 4.78 is 3.11. The van der Waals surface area contributed by atoms with Crippen LogP contribution in [0.15, 0.2) is 41.8 Å². The molecule has 5 nitrogen and oxygen atoms in total. The number of hydrogen-bond donors (Lipinski definition) is 1. The fourth-order valence-electron chi connectivity index (χ4n) is 5.42. The third-order valence-electron chi connectivity index (χ3n) is 7.71. The van der Waals surface area contributed by atoms with Gasteiger partial charge in [0.15, 0.2) is 0 Å². The molecule has 2 aliphatic rings. The van der Waals surface area contributed by atoms with Crippen LogP contribution in [0.1, 0.15) is 56.1 Å². The normalized spacial score (nSPS) is 28.1. The van der Waals surface area contributed by atoms with E-state index in [4.69, 9.17) is 0 Å². The minimum absolute atomic E-state index is 0.0693. The molecule has 4 atom stereocenters. The van der Waals surface area contributed by atoms with E-state index in [1.54, 1.807) is 16.2 Å². The van der Waals surface area contributed by atoms with Crippen LogP contribution in [0.3, 0.4) is 0 Å². The summed E-state index contributed by atoms with van der Waals surface area (Å²) in [5, 5.41) is 5.40. The fourth-order valence-corrected chi connectivity index (χ4v) is 6.24. The number of nitrogens with one attached hydrogen (secondary N) is 1. The second kappa shape index (κ2) is 7.77. The number of anilines is 1. The Kier molecular flexibility index (Phi) is 5.16. The monoisotopic (exact) mass is 449 g/mol.